The molecule has 7 heteroatoms. The number of benzene rings is 3. The summed E-state index contributed by atoms with van der Waals surface area (Å²) in [6, 6.07) is 21.1. The molecule has 0 aliphatic heterocycles. The fourth-order valence-corrected chi connectivity index (χ4v) is 3.46. The van der Waals surface area contributed by atoms with Crippen LogP contribution in [0.15, 0.2) is 77.6 Å². The molecule has 0 radical (unpaired) electrons. The van der Waals surface area contributed by atoms with Gasteiger partial charge in [0.25, 0.3) is 11.5 Å². The first-order valence-corrected chi connectivity index (χ1v) is 10.1. The van der Waals surface area contributed by atoms with Crippen LogP contribution in [-0.2, 0) is 4.79 Å². The molecule has 0 saturated carbocycles. The van der Waals surface area contributed by atoms with Gasteiger partial charge in [-0.15, -0.1) is 0 Å². The van der Waals surface area contributed by atoms with E-state index in [1.807, 2.05) is 18.2 Å². The van der Waals surface area contributed by atoms with Crippen molar-refractivity contribution in [1.29, 1.82) is 0 Å². The Kier molecular flexibility index (Phi) is 5.73. The summed E-state index contributed by atoms with van der Waals surface area (Å²) >= 11 is 5.95. The summed E-state index contributed by atoms with van der Waals surface area (Å²) in [4.78, 5) is 29.9. The predicted octanol–water partition coefficient (Wildman–Crippen LogP) is 4.75. The van der Waals surface area contributed by atoms with Crippen molar-refractivity contribution in [3.63, 3.8) is 0 Å². The summed E-state index contributed by atoms with van der Waals surface area (Å²) in [5.41, 5.74) is 1.79. The standard InChI is InChI=1S/C24H20ClN3O3/c1-15(31-20-7-5-6-17(25)14-20)23(29)27-18-10-12-19(13-11-18)28-16(2)26-22-9-4-3-8-21(22)24(28)30/h3-15H,1-2H3,(H,27,29)/t15-/m0/s1. The SMILES string of the molecule is Cc1nc2ccccc2c(=O)n1-c1ccc(NC(=O)[C@H](C)Oc2cccc(Cl)c2)cc1. The first kappa shape index (κ1) is 20.6. The molecular weight excluding hydrogens is 414 g/mol. The number of amides is 1. The minimum absolute atomic E-state index is 0.136. The Hall–Kier alpha value is -3.64. The van der Waals surface area contributed by atoms with Crippen molar-refractivity contribution in [2.45, 2.75) is 20.0 Å². The Balaban J connectivity index is 1.52. The van der Waals surface area contributed by atoms with Gasteiger partial charge < -0.3 is 10.1 Å². The van der Waals surface area contributed by atoms with Crippen LogP contribution in [0.3, 0.4) is 0 Å². The van der Waals surface area contributed by atoms with E-state index in [0.29, 0.717) is 38.9 Å². The van der Waals surface area contributed by atoms with Gasteiger partial charge in [-0.25, -0.2) is 4.98 Å². The fourth-order valence-electron chi connectivity index (χ4n) is 3.28. The highest BCUT2D eigenvalue weighted by Gasteiger charge is 2.15. The normalized spacial score (nSPS) is 11.8. The Labute approximate surface area is 184 Å². The second-order valence-electron chi connectivity index (χ2n) is 7.07. The van der Waals surface area contributed by atoms with Crippen LogP contribution in [0.2, 0.25) is 5.02 Å². The fraction of sp³-hybridized carbons (Fsp3) is 0.125. The third kappa shape index (κ3) is 4.44. The van der Waals surface area contributed by atoms with E-state index in [0.717, 1.165) is 0 Å². The van der Waals surface area contributed by atoms with Gasteiger partial charge in [0.15, 0.2) is 6.10 Å². The third-order valence-electron chi connectivity index (χ3n) is 4.81. The number of para-hydroxylation sites is 1. The molecule has 1 amide bonds. The van der Waals surface area contributed by atoms with Gasteiger partial charge in [-0.2, -0.15) is 0 Å². The maximum atomic E-state index is 12.9. The Morgan fingerprint density at radius 1 is 1.06 bits per heavy atom. The number of nitrogens with zero attached hydrogens (tertiary/aromatic N) is 2. The maximum absolute atomic E-state index is 12.9. The highest BCUT2D eigenvalue weighted by molar-refractivity contribution is 6.30. The van der Waals surface area contributed by atoms with E-state index >= 15 is 0 Å². The molecule has 1 atom stereocenters. The van der Waals surface area contributed by atoms with Gasteiger partial charge in [-0.3, -0.25) is 14.2 Å². The number of hydrogen-bond donors (Lipinski definition) is 1. The summed E-state index contributed by atoms with van der Waals surface area (Å²) in [5.74, 6) is 0.807. The summed E-state index contributed by atoms with van der Waals surface area (Å²) in [6.07, 6.45) is -0.715. The number of carbonyl (C=O) groups is 1. The smallest absolute Gasteiger partial charge is 0.265 e. The second-order valence-corrected chi connectivity index (χ2v) is 7.51. The van der Waals surface area contributed by atoms with Crippen molar-refractivity contribution in [3.05, 3.63) is 94.0 Å². The Morgan fingerprint density at radius 3 is 2.55 bits per heavy atom. The molecule has 1 N–H and O–H groups in total. The highest BCUT2D eigenvalue weighted by atomic mass is 35.5. The lowest BCUT2D eigenvalue weighted by Crippen LogP contribution is -2.30. The van der Waals surface area contributed by atoms with Crippen LogP contribution in [0.4, 0.5) is 5.69 Å². The van der Waals surface area contributed by atoms with Gasteiger partial charge in [-0.1, -0.05) is 29.8 Å². The zero-order valence-electron chi connectivity index (χ0n) is 17.0. The van der Waals surface area contributed by atoms with Gasteiger partial charge in [-0.05, 0) is 68.4 Å². The topological polar surface area (TPSA) is 73.2 Å². The van der Waals surface area contributed by atoms with Gasteiger partial charge in [0.2, 0.25) is 0 Å². The summed E-state index contributed by atoms with van der Waals surface area (Å²) in [6.45, 7) is 3.45. The molecular formula is C24H20ClN3O3. The van der Waals surface area contributed by atoms with Gasteiger partial charge in [0, 0.05) is 10.7 Å². The number of aromatic nitrogens is 2. The number of aryl methyl sites for hydroxylation is 1. The zero-order valence-corrected chi connectivity index (χ0v) is 17.8. The molecule has 0 aliphatic carbocycles. The van der Waals surface area contributed by atoms with E-state index in [1.165, 1.54) is 0 Å². The molecule has 0 fully saturated rings. The van der Waals surface area contributed by atoms with Crippen LogP contribution < -0.4 is 15.6 Å². The lowest BCUT2D eigenvalue weighted by molar-refractivity contribution is -0.122. The highest BCUT2D eigenvalue weighted by Crippen LogP contribution is 2.19. The lowest BCUT2D eigenvalue weighted by atomic mass is 10.2. The summed E-state index contributed by atoms with van der Waals surface area (Å²) in [5, 5.41) is 3.90. The van der Waals surface area contributed by atoms with Crippen LogP contribution in [0.1, 0.15) is 12.7 Å². The molecule has 0 unspecified atom stereocenters. The quantitative estimate of drug-likeness (QED) is 0.492. The molecule has 1 aromatic heterocycles. The predicted molar refractivity (Wildman–Crippen MR) is 122 cm³/mol. The molecule has 4 aromatic rings. The van der Waals surface area contributed by atoms with E-state index in [9.17, 15) is 9.59 Å². The molecule has 4 rings (SSSR count). The summed E-state index contributed by atoms with van der Waals surface area (Å²) in [7, 11) is 0. The van der Waals surface area contributed by atoms with Crippen molar-refractivity contribution in [3.8, 4) is 11.4 Å². The first-order chi connectivity index (χ1) is 14.9. The molecule has 31 heavy (non-hydrogen) atoms. The molecule has 1 heterocycles. The number of ether oxygens (including phenoxy) is 1. The second kappa shape index (κ2) is 8.62. The molecule has 6 nitrogen and oxygen atoms in total. The Morgan fingerprint density at radius 2 is 1.81 bits per heavy atom. The van der Waals surface area contributed by atoms with Crippen LogP contribution in [-0.4, -0.2) is 21.6 Å². The number of anilines is 1. The first-order valence-electron chi connectivity index (χ1n) is 9.74. The van der Waals surface area contributed by atoms with E-state index in [4.69, 9.17) is 16.3 Å². The van der Waals surface area contributed by atoms with E-state index < -0.39 is 6.10 Å². The van der Waals surface area contributed by atoms with Crippen molar-refractivity contribution in [1.82, 2.24) is 9.55 Å². The van der Waals surface area contributed by atoms with Gasteiger partial charge >= 0.3 is 0 Å². The minimum Gasteiger partial charge on any atom is -0.481 e. The number of halogens is 1. The number of carbonyl (C=O) groups excluding carboxylic acids is 1. The average Bonchev–Trinajstić information content (AvgIpc) is 2.75. The number of fused-ring (bicyclic) bond motifs is 1. The average molecular weight is 434 g/mol. The maximum Gasteiger partial charge on any atom is 0.265 e. The monoisotopic (exact) mass is 433 g/mol. The van der Waals surface area contributed by atoms with Crippen LogP contribution in [0.25, 0.3) is 16.6 Å². The number of hydrogen-bond acceptors (Lipinski definition) is 4. The lowest BCUT2D eigenvalue weighted by Gasteiger charge is -2.15. The third-order valence-corrected chi connectivity index (χ3v) is 5.05. The molecule has 0 saturated heterocycles. The molecule has 0 aliphatic rings. The Bertz CT molecular complexity index is 1320. The number of nitrogens with one attached hydrogen (secondary N) is 1. The van der Waals surface area contributed by atoms with Crippen molar-refractivity contribution in [2.75, 3.05) is 5.32 Å². The van der Waals surface area contributed by atoms with Crippen LogP contribution >= 0.6 is 11.6 Å². The molecule has 0 spiro atoms. The van der Waals surface area contributed by atoms with Crippen LogP contribution in [0, 0.1) is 6.92 Å². The van der Waals surface area contributed by atoms with Crippen molar-refractivity contribution >= 4 is 34.1 Å². The van der Waals surface area contributed by atoms with E-state index in [-0.39, 0.29) is 11.5 Å². The summed E-state index contributed by atoms with van der Waals surface area (Å²) < 4.78 is 7.20. The zero-order chi connectivity index (χ0) is 22.0. The van der Waals surface area contributed by atoms with E-state index in [2.05, 4.69) is 10.3 Å². The van der Waals surface area contributed by atoms with Gasteiger partial charge in [0.1, 0.15) is 11.6 Å². The van der Waals surface area contributed by atoms with Gasteiger partial charge in [0.05, 0.1) is 16.6 Å². The van der Waals surface area contributed by atoms with Crippen LogP contribution in [0.5, 0.6) is 5.75 Å². The molecule has 156 valence electrons. The minimum atomic E-state index is -0.715. The van der Waals surface area contributed by atoms with Crippen molar-refractivity contribution < 1.29 is 9.53 Å². The molecule has 0 bridgehead atoms. The molecule has 3 aromatic carbocycles. The van der Waals surface area contributed by atoms with Crippen molar-refractivity contribution in [2.24, 2.45) is 0 Å². The number of rotatable bonds is 5. The largest absolute Gasteiger partial charge is 0.481 e. The van der Waals surface area contributed by atoms with E-state index in [1.54, 1.807) is 73.0 Å².